The number of alkyl halides is 3. The maximum atomic E-state index is 11.8. The fourth-order valence-electron chi connectivity index (χ4n) is 0.632. The minimum Gasteiger partial charge on any atom is -0.317 e. The third-order valence-electron chi connectivity index (χ3n) is 1.09. The zero-order valence-corrected chi connectivity index (χ0v) is 5.24. The van der Waals surface area contributed by atoms with Gasteiger partial charge in [0.05, 0.1) is 0 Å². The number of nitrogens with zero attached hydrogens (tertiary/aromatic N) is 1. The standard InChI is InChI=1S/C5H6F3N2/c1-10-3-2-4(9-10)5(6,7)8/h3-4,9H,1H3. The fraction of sp³-hybridized carbons (Fsp3) is 0.600. The highest BCUT2D eigenvalue weighted by Crippen LogP contribution is 2.22. The molecule has 1 aliphatic heterocycles. The van der Waals surface area contributed by atoms with Crippen LogP contribution in [0, 0.1) is 6.08 Å². The quantitative estimate of drug-likeness (QED) is 0.547. The van der Waals surface area contributed by atoms with E-state index in [-0.39, 0.29) is 0 Å². The van der Waals surface area contributed by atoms with Crippen molar-refractivity contribution in [1.29, 1.82) is 0 Å². The second kappa shape index (κ2) is 2.16. The maximum Gasteiger partial charge on any atom is 0.409 e. The molecule has 1 unspecified atom stereocenters. The number of rotatable bonds is 0. The number of halogens is 3. The van der Waals surface area contributed by atoms with Crippen LogP contribution in [0.4, 0.5) is 13.2 Å². The molecular formula is C5H6F3N2. The molecule has 1 heterocycles. The molecule has 0 spiro atoms. The van der Waals surface area contributed by atoms with E-state index in [0.29, 0.717) is 0 Å². The first kappa shape index (κ1) is 7.40. The van der Waals surface area contributed by atoms with Gasteiger partial charge in [0.15, 0.2) is 0 Å². The Kier molecular flexibility index (Phi) is 1.60. The van der Waals surface area contributed by atoms with Gasteiger partial charge in [-0.1, -0.05) is 0 Å². The van der Waals surface area contributed by atoms with E-state index < -0.39 is 12.2 Å². The van der Waals surface area contributed by atoms with E-state index in [4.69, 9.17) is 0 Å². The molecule has 1 N–H and O–H groups in total. The average molecular weight is 151 g/mol. The van der Waals surface area contributed by atoms with E-state index in [1.165, 1.54) is 18.3 Å². The van der Waals surface area contributed by atoms with Gasteiger partial charge in [-0.05, 0) is 0 Å². The SMILES string of the molecule is CN1C=[C]C(C(F)(F)F)N1. The molecule has 5 heteroatoms. The molecule has 0 aromatic heterocycles. The monoisotopic (exact) mass is 151 g/mol. The zero-order chi connectivity index (χ0) is 7.78. The van der Waals surface area contributed by atoms with Gasteiger partial charge < -0.3 is 5.01 Å². The lowest BCUT2D eigenvalue weighted by atomic mass is 10.3. The highest BCUT2D eigenvalue weighted by molar-refractivity contribution is 4.94. The van der Waals surface area contributed by atoms with E-state index in [1.54, 1.807) is 0 Å². The van der Waals surface area contributed by atoms with E-state index in [2.05, 4.69) is 11.5 Å². The molecule has 1 aliphatic rings. The molecule has 2 nitrogen and oxygen atoms in total. The lowest BCUT2D eigenvalue weighted by Crippen LogP contribution is -2.42. The molecule has 1 radical (unpaired) electrons. The summed E-state index contributed by atoms with van der Waals surface area (Å²) < 4.78 is 35.3. The third-order valence-corrected chi connectivity index (χ3v) is 1.09. The second-order valence-corrected chi connectivity index (χ2v) is 2.01. The van der Waals surface area contributed by atoms with Gasteiger partial charge in [0.2, 0.25) is 0 Å². The van der Waals surface area contributed by atoms with Gasteiger partial charge in [0, 0.05) is 19.3 Å². The Labute approximate surface area is 56.3 Å². The Hall–Kier alpha value is -0.710. The van der Waals surface area contributed by atoms with E-state index in [1.807, 2.05) is 0 Å². The van der Waals surface area contributed by atoms with Gasteiger partial charge >= 0.3 is 6.18 Å². The van der Waals surface area contributed by atoms with Gasteiger partial charge in [-0.15, -0.1) is 0 Å². The Morgan fingerprint density at radius 2 is 2.20 bits per heavy atom. The van der Waals surface area contributed by atoms with Crippen LogP contribution in [0.25, 0.3) is 0 Å². The van der Waals surface area contributed by atoms with Gasteiger partial charge in [-0.3, -0.25) is 0 Å². The van der Waals surface area contributed by atoms with Crippen molar-refractivity contribution in [2.75, 3.05) is 7.05 Å². The normalized spacial score (nSPS) is 26.0. The highest BCUT2D eigenvalue weighted by atomic mass is 19.4. The number of hydrogen-bond donors (Lipinski definition) is 1. The van der Waals surface area contributed by atoms with Gasteiger partial charge in [0.1, 0.15) is 6.04 Å². The molecule has 0 aromatic rings. The summed E-state index contributed by atoms with van der Waals surface area (Å²) in [6.45, 7) is 0. The largest absolute Gasteiger partial charge is 0.409 e. The highest BCUT2D eigenvalue weighted by Gasteiger charge is 2.40. The molecular weight excluding hydrogens is 145 g/mol. The van der Waals surface area contributed by atoms with Crippen molar-refractivity contribution in [2.45, 2.75) is 12.2 Å². The summed E-state index contributed by atoms with van der Waals surface area (Å²) in [5.41, 5.74) is 2.14. The van der Waals surface area contributed by atoms with Crippen LogP contribution in [-0.4, -0.2) is 24.3 Å². The van der Waals surface area contributed by atoms with Gasteiger partial charge in [0.25, 0.3) is 0 Å². The van der Waals surface area contributed by atoms with Crippen molar-refractivity contribution in [2.24, 2.45) is 0 Å². The maximum absolute atomic E-state index is 11.8. The fourth-order valence-corrected chi connectivity index (χ4v) is 0.632. The second-order valence-electron chi connectivity index (χ2n) is 2.01. The van der Waals surface area contributed by atoms with Crippen LogP contribution >= 0.6 is 0 Å². The summed E-state index contributed by atoms with van der Waals surface area (Å²) in [7, 11) is 1.48. The predicted molar refractivity (Wildman–Crippen MR) is 28.6 cm³/mol. The summed E-state index contributed by atoms with van der Waals surface area (Å²) >= 11 is 0. The van der Waals surface area contributed by atoms with Gasteiger partial charge in [-0.25, -0.2) is 5.43 Å². The Morgan fingerprint density at radius 3 is 2.40 bits per heavy atom. The van der Waals surface area contributed by atoms with Crippen LogP contribution in [0.1, 0.15) is 0 Å². The molecule has 0 amide bonds. The number of hydrogen-bond acceptors (Lipinski definition) is 2. The lowest BCUT2D eigenvalue weighted by Gasteiger charge is -2.16. The van der Waals surface area contributed by atoms with E-state index >= 15 is 0 Å². The average Bonchev–Trinajstić information content (AvgIpc) is 2.11. The summed E-state index contributed by atoms with van der Waals surface area (Å²) in [5, 5.41) is 1.22. The number of nitrogens with one attached hydrogen (secondary N) is 1. The van der Waals surface area contributed by atoms with Crippen molar-refractivity contribution >= 4 is 0 Å². The van der Waals surface area contributed by atoms with Crippen molar-refractivity contribution in [3.8, 4) is 0 Å². The summed E-state index contributed by atoms with van der Waals surface area (Å²) in [4.78, 5) is 0. The van der Waals surface area contributed by atoms with Crippen molar-refractivity contribution in [3.05, 3.63) is 12.3 Å². The molecule has 0 fully saturated rings. The molecule has 57 valence electrons. The summed E-state index contributed by atoms with van der Waals surface area (Å²) in [6, 6.07) is -1.64. The lowest BCUT2D eigenvalue weighted by molar-refractivity contribution is -0.150. The first-order valence-electron chi connectivity index (χ1n) is 2.65. The Morgan fingerprint density at radius 1 is 1.60 bits per heavy atom. The van der Waals surface area contributed by atoms with Crippen molar-refractivity contribution in [3.63, 3.8) is 0 Å². The Bertz CT molecular complexity index is 151. The third kappa shape index (κ3) is 1.41. The topological polar surface area (TPSA) is 15.3 Å². The van der Waals surface area contributed by atoms with Crippen molar-refractivity contribution in [1.82, 2.24) is 10.4 Å². The first-order valence-corrected chi connectivity index (χ1v) is 2.65. The number of hydrazine groups is 1. The zero-order valence-electron chi connectivity index (χ0n) is 5.24. The minimum atomic E-state index is -4.23. The van der Waals surface area contributed by atoms with Gasteiger partial charge in [-0.2, -0.15) is 13.2 Å². The van der Waals surface area contributed by atoms with Crippen molar-refractivity contribution < 1.29 is 13.2 Å². The molecule has 0 saturated carbocycles. The molecule has 0 aromatic carbocycles. The Balaban J connectivity index is 2.55. The van der Waals surface area contributed by atoms with Crippen LogP contribution in [0.15, 0.2) is 6.20 Å². The van der Waals surface area contributed by atoms with Crippen LogP contribution < -0.4 is 5.43 Å². The summed E-state index contributed by atoms with van der Waals surface area (Å²) in [6.07, 6.45) is -0.903. The molecule has 0 aliphatic carbocycles. The van der Waals surface area contributed by atoms with Crippen LogP contribution in [0.2, 0.25) is 0 Å². The van der Waals surface area contributed by atoms with Crippen LogP contribution in [0.3, 0.4) is 0 Å². The van der Waals surface area contributed by atoms with Crippen LogP contribution in [0.5, 0.6) is 0 Å². The van der Waals surface area contributed by atoms with E-state index in [0.717, 1.165) is 0 Å². The predicted octanol–water partition coefficient (Wildman–Crippen LogP) is 0.684. The molecule has 1 rings (SSSR count). The van der Waals surface area contributed by atoms with E-state index in [9.17, 15) is 13.2 Å². The molecule has 0 saturated heterocycles. The summed E-state index contributed by atoms with van der Waals surface area (Å²) in [5.74, 6) is 0. The first-order chi connectivity index (χ1) is 4.50. The minimum absolute atomic E-state index is 1.22. The molecule has 0 bridgehead atoms. The van der Waals surface area contributed by atoms with Crippen LogP contribution in [-0.2, 0) is 0 Å². The molecule has 10 heavy (non-hydrogen) atoms. The smallest absolute Gasteiger partial charge is 0.317 e. The molecule has 1 atom stereocenters.